The van der Waals surface area contributed by atoms with Gasteiger partial charge >= 0.3 is 6.09 Å². The van der Waals surface area contributed by atoms with E-state index >= 15 is 0 Å². The molecule has 0 unspecified atom stereocenters. The van der Waals surface area contributed by atoms with Gasteiger partial charge in [-0.05, 0) is 31.5 Å². The molecule has 6 heteroatoms. The van der Waals surface area contributed by atoms with Gasteiger partial charge < -0.3 is 14.5 Å². The van der Waals surface area contributed by atoms with Crippen molar-refractivity contribution in [2.45, 2.75) is 13.8 Å². The van der Waals surface area contributed by atoms with E-state index in [1.54, 1.807) is 24.8 Å². The molecule has 1 aliphatic rings. The summed E-state index contributed by atoms with van der Waals surface area (Å²) in [5, 5.41) is 8.90. The van der Waals surface area contributed by atoms with E-state index < -0.39 is 5.82 Å². The summed E-state index contributed by atoms with van der Waals surface area (Å²) in [6.07, 6.45) is -0.325. The van der Waals surface area contributed by atoms with Crippen molar-refractivity contribution >= 4 is 11.8 Å². The van der Waals surface area contributed by atoms with Crippen LogP contribution < -0.4 is 4.90 Å². The average molecular weight is 291 g/mol. The number of amides is 1. The number of aryl methyl sites for hydroxylation is 1. The molecule has 1 aromatic carbocycles. The molecule has 1 amide bonds. The third-order valence-electron chi connectivity index (χ3n) is 3.56. The van der Waals surface area contributed by atoms with E-state index in [-0.39, 0.29) is 6.09 Å². The van der Waals surface area contributed by atoms with Gasteiger partial charge in [0.2, 0.25) is 0 Å². The Morgan fingerprint density at radius 1 is 1.38 bits per heavy atom. The van der Waals surface area contributed by atoms with Crippen LogP contribution in [0.5, 0.6) is 0 Å². The fourth-order valence-electron chi connectivity index (χ4n) is 2.37. The van der Waals surface area contributed by atoms with Crippen LogP contribution >= 0.6 is 0 Å². The molecule has 112 valence electrons. The molecule has 0 aliphatic carbocycles. The predicted octanol–water partition coefficient (Wildman–Crippen LogP) is 2.28. The van der Waals surface area contributed by atoms with Crippen molar-refractivity contribution in [2.75, 3.05) is 37.7 Å². The lowest BCUT2D eigenvalue weighted by atomic mass is 10.1. The van der Waals surface area contributed by atoms with Crippen molar-refractivity contribution in [3.63, 3.8) is 0 Å². The Kier molecular flexibility index (Phi) is 4.63. The molecular weight excluding hydrogens is 273 g/mol. The number of halogens is 1. The molecule has 1 fully saturated rings. The zero-order valence-electron chi connectivity index (χ0n) is 12.2. The van der Waals surface area contributed by atoms with E-state index in [0.717, 1.165) is 5.56 Å². The van der Waals surface area contributed by atoms with E-state index in [9.17, 15) is 9.18 Å². The Balaban J connectivity index is 2.08. The fraction of sp³-hybridized carbons (Fsp3) is 0.467. The number of carbonyl (C=O) groups excluding carboxylic acids is 1. The number of nitrogens with zero attached hydrogens (tertiary/aromatic N) is 3. The maximum atomic E-state index is 14.1. The number of benzene rings is 1. The quantitative estimate of drug-likeness (QED) is 0.839. The van der Waals surface area contributed by atoms with Crippen LogP contribution in [0.3, 0.4) is 0 Å². The van der Waals surface area contributed by atoms with E-state index in [0.29, 0.717) is 44.0 Å². The molecule has 0 spiro atoms. The summed E-state index contributed by atoms with van der Waals surface area (Å²) >= 11 is 0. The van der Waals surface area contributed by atoms with Gasteiger partial charge in [0, 0.05) is 26.2 Å². The topological polar surface area (TPSA) is 56.6 Å². The van der Waals surface area contributed by atoms with Crippen molar-refractivity contribution in [1.29, 1.82) is 5.26 Å². The van der Waals surface area contributed by atoms with Crippen molar-refractivity contribution < 1.29 is 13.9 Å². The normalized spacial score (nSPS) is 14.8. The highest BCUT2D eigenvalue weighted by atomic mass is 19.1. The molecule has 0 N–H and O–H groups in total. The van der Waals surface area contributed by atoms with Crippen molar-refractivity contribution in [3.05, 3.63) is 29.1 Å². The molecule has 1 saturated heterocycles. The van der Waals surface area contributed by atoms with Crippen molar-refractivity contribution in [3.8, 4) is 6.07 Å². The van der Waals surface area contributed by atoms with Gasteiger partial charge in [0.25, 0.3) is 0 Å². The second-order valence-electron chi connectivity index (χ2n) is 4.90. The summed E-state index contributed by atoms with van der Waals surface area (Å²) in [6, 6.07) is 4.93. The summed E-state index contributed by atoms with van der Waals surface area (Å²) < 4.78 is 19.0. The highest BCUT2D eigenvalue weighted by Gasteiger charge is 2.24. The van der Waals surface area contributed by atoms with Gasteiger partial charge in [0.1, 0.15) is 5.82 Å². The van der Waals surface area contributed by atoms with Crippen LogP contribution in [0.4, 0.5) is 14.9 Å². The Hall–Kier alpha value is -2.29. The molecule has 0 atom stereocenters. The molecule has 0 radical (unpaired) electrons. The minimum Gasteiger partial charge on any atom is -0.450 e. The maximum absolute atomic E-state index is 14.1. The van der Waals surface area contributed by atoms with Crippen molar-refractivity contribution in [2.24, 2.45) is 0 Å². The van der Waals surface area contributed by atoms with Crippen molar-refractivity contribution in [1.82, 2.24) is 4.90 Å². The van der Waals surface area contributed by atoms with Gasteiger partial charge in [0.15, 0.2) is 0 Å². The molecule has 1 aliphatic heterocycles. The molecular formula is C15H18FN3O2. The Morgan fingerprint density at radius 3 is 2.62 bits per heavy atom. The smallest absolute Gasteiger partial charge is 0.409 e. The Morgan fingerprint density at radius 2 is 2.05 bits per heavy atom. The third-order valence-corrected chi connectivity index (χ3v) is 3.56. The zero-order chi connectivity index (χ0) is 15.4. The standard InChI is InChI=1S/C15H18FN3O2/c1-3-21-15(20)19-6-4-18(5-7-19)14-8-11(2)12(10-17)9-13(14)16/h8-9H,3-7H2,1-2H3. The highest BCUT2D eigenvalue weighted by Crippen LogP contribution is 2.24. The Bertz CT molecular complexity index is 575. The first-order chi connectivity index (χ1) is 10.1. The van der Waals surface area contributed by atoms with E-state index in [2.05, 4.69) is 0 Å². The van der Waals surface area contributed by atoms with Gasteiger partial charge in [-0.1, -0.05) is 0 Å². The third kappa shape index (κ3) is 3.24. The second kappa shape index (κ2) is 6.44. The molecule has 0 aromatic heterocycles. The predicted molar refractivity (Wildman–Crippen MR) is 76.7 cm³/mol. The molecule has 1 aromatic rings. The first kappa shape index (κ1) is 15.1. The number of nitriles is 1. The number of piperazine rings is 1. The van der Waals surface area contributed by atoms with Crippen LogP contribution in [0.15, 0.2) is 12.1 Å². The molecule has 5 nitrogen and oxygen atoms in total. The SMILES string of the molecule is CCOC(=O)N1CCN(c2cc(C)c(C#N)cc2F)CC1. The summed E-state index contributed by atoms with van der Waals surface area (Å²) in [5.74, 6) is -0.401. The first-order valence-electron chi connectivity index (χ1n) is 6.93. The molecule has 21 heavy (non-hydrogen) atoms. The lowest BCUT2D eigenvalue weighted by Crippen LogP contribution is -2.49. The summed E-state index contributed by atoms with van der Waals surface area (Å²) in [7, 11) is 0. The lowest BCUT2D eigenvalue weighted by molar-refractivity contribution is 0.105. The largest absolute Gasteiger partial charge is 0.450 e. The number of hydrogen-bond donors (Lipinski definition) is 0. The van der Waals surface area contributed by atoms with Crippen LogP contribution in [-0.2, 0) is 4.74 Å². The second-order valence-corrected chi connectivity index (χ2v) is 4.90. The van der Waals surface area contributed by atoms with E-state index in [1.807, 2.05) is 11.0 Å². The number of hydrogen-bond acceptors (Lipinski definition) is 4. The van der Waals surface area contributed by atoms with Crippen LogP contribution in [0.2, 0.25) is 0 Å². The van der Waals surface area contributed by atoms with Crippen LogP contribution in [0, 0.1) is 24.1 Å². The molecule has 1 heterocycles. The van der Waals surface area contributed by atoms with Gasteiger partial charge in [-0.15, -0.1) is 0 Å². The first-order valence-corrected chi connectivity index (χ1v) is 6.93. The maximum Gasteiger partial charge on any atom is 0.409 e. The van der Waals surface area contributed by atoms with Gasteiger partial charge in [-0.2, -0.15) is 5.26 Å². The summed E-state index contributed by atoms with van der Waals surface area (Å²) in [4.78, 5) is 15.1. The van der Waals surface area contributed by atoms with Gasteiger partial charge in [-0.25, -0.2) is 9.18 Å². The number of ether oxygens (including phenoxy) is 1. The van der Waals surface area contributed by atoms with Gasteiger partial charge in [-0.3, -0.25) is 0 Å². The van der Waals surface area contributed by atoms with Crippen LogP contribution in [-0.4, -0.2) is 43.8 Å². The van der Waals surface area contributed by atoms with Crippen LogP contribution in [0.25, 0.3) is 0 Å². The zero-order valence-corrected chi connectivity index (χ0v) is 12.2. The fourth-order valence-corrected chi connectivity index (χ4v) is 2.37. The minimum atomic E-state index is -0.401. The highest BCUT2D eigenvalue weighted by molar-refractivity contribution is 5.68. The monoisotopic (exact) mass is 291 g/mol. The molecule has 0 bridgehead atoms. The Labute approximate surface area is 123 Å². The number of rotatable bonds is 2. The molecule has 0 saturated carbocycles. The summed E-state index contributed by atoms with van der Waals surface area (Å²) in [5.41, 5.74) is 1.58. The van der Waals surface area contributed by atoms with Crippen LogP contribution in [0.1, 0.15) is 18.1 Å². The average Bonchev–Trinajstić information content (AvgIpc) is 2.49. The number of anilines is 1. The van der Waals surface area contributed by atoms with E-state index in [4.69, 9.17) is 10.00 Å². The summed E-state index contributed by atoms with van der Waals surface area (Å²) in [6.45, 7) is 5.98. The minimum absolute atomic E-state index is 0.325. The van der Waals surface area contributed by atoms with Gasteiger partial charge in [0.05, 0.1) is 23.9 Å². The number of carbonyl (C=O) groups is 1. The molecule has 2 rings (SSSR count). The lowest BCUT2D eigenvalue weighted by Gasteiger charge is -2.35. The van der Waals surface area contributed by atoms with E-state index in [1.165, 1.54) is 6.07 Å².